The maximum atomic E-state index is 12.8. The summed E-state index contributed by atoms with van der Waals surface area (Å²) in [4.78, 5) is -0.497. The summed E-state index contributed by atoms with van der Waals surface area (Å²) in [6, 6.07) is 2.67. The zero-order valence-corrected chi connectivity index (χ0v) is 13.4. The van der Waals surface area contributed by atoms with Gasteiger partial charge in [-0.15, -0.1) is 0 Å². The van der Waals surface area contributed by atoms with E-state index >= 15 is 0 Å². The molecule has 1 aromatic carbocycles. The van der Waals surface area contributed by atoms with Gasteiger partial charge in [-0.25, -0.2) is 0 Å². The SMILES string of the molecule is O=S(=O)(c1ccc(Br)c(C(F)(F)F)c1)n1cc(Br)cn1. The van der Waals surface area contributed by atoms with Crippen molar-refractivity contribution in [2.75, 3.05) is 0 Å². The first-order valence-electron chi connectivity index (χ1n) is 4.95. The Labute approximate surface area is 128 Å². The Balaban J connectivity index is 2.59. The van der Waals surface area contributed by atoms with Crippen molar-refractivity contribution < 1.29 is 21.6 Å². The Hall–Kier alpha value is -0.870. The van der Waals surface area contributed by atoms with Crippen LogP contribution in [0.25, 0.3) is 0 Å². The first-order valence-corrected chi connectivity index (χ1v) is 7.97. The molecule has 0 unspecified atom stereocenters. The molecule has 2 rings (SSSR count). The molecule has 0 bridgehead atoms. The third-order valence-electron chi connectivity index (χ3n) is 2.32. The highest BCUT2D eigenvalue weighted by Gasteiger charge is 2.34. The summed E-state index contributed by atoms with van der Waals surface area (Å²) in [6.45, 7) is 0. The Bertz CT molecular complexity index is 756. The molecule has 1 aromatic heterocycles. The standard InChI is InChI=1S/C10H5Br2F3N2O2S/c11-6-4-16-17(5-6)20(18,19)7-1-2-9(12)8(3-7)10(13,14)15/h1-5H. The fourth-order valence-corrected chi connectivity index (χ4v) is 3.44. The Kier molecular flexibility index (Phi) is 4.00. The molecule has 0 aliphatic rings. The average Bonchev–Trinajstić information content (AvgIpc) is 2.75. The van der Waals surface area contributed by atoms with Gasteiger partial charge in [0, 0.05) is 4.47 Å². The van der Waals surface area contributed by atoms with Crippen molar-refractivity contribution in [1.82, 2.24) is 9.19 Å². The van der Waals surface area contributed by atoms with E-state index < -0.39 is 26.7 Å². The van der Waals surface area contributed by atoms with Gasteiger partial charge in [0.05, 0.1) is 27.3 Å². The molecule has 2 aromatic rings. The quantitative estimate of drug-likeness (QED) is 0.726. The fraction of sp³-hybridized carbons (Fsp3) is 0.100. The first kappa shape index (κ1) is 15.5. The van der Waals surface area contributed by atoms with Gasteiger partial charge in [-0.1, -0.05) is 15.9 Å². The highest BCUT2D eigenvalue weighted by molar-refractivity contribution is 9.10. The van der Waals surface area contributed by atoms with Crippen molar-refractivity contribution >= 4 is 41.9 Å². The number of rotatable bonds is 2. The first-order chi connectivity index (χ1) is 9.12. The molecule has 0 saturated carbocycles. The topological polar surface area (TPSA) is 52.0 Å². The third kappa shape index (κ3) is 2.91. The van der Waals surface area contributed by atoms with Crippen LogP contribution in [0.15, 0.2) is 44.4 Å². The maximum absolute atomic E-state index is 12.8. The van der Waals surface area contributed by atoms with E-state index in [-0.39, 0.29) is 4.47 Å². The molecule has 0 saturated heterocycles. The van der Waals surface area contributed by atoms with Crippen molar-refractivity contribution in [1.29, 1.82) is 0 Å². The van der Waals surface area contributed by atoms with Gasteiger partial charge in [-0.2, -0.15) is 30.8 Å². The van der Waals surface area contributed by atoms with E-state index in [1.807, 2.05) is 0 Å². The highest BCUT2D eigenvalue weighted by Crippen LogP contribution is 2.36. The van der Waals surface area contributed by atoms with E-state index in [1.54, 1.807) is 0 Å². The molecule has 10 heteroatoms. The van der Waals surface area contributed by atoms with Crippen LogP contribution in [-0.2, 0) is 16.2 Å². The summed E-state index contributed by atoms with van der Waals surface area (Å²) in [5.74, 6) is 0. The number of aromatic nitrogens is 2. The molecule has 20 heavy (non-hydrogen) atoms. The van der Waals surface area contributed by atoms with Crippen molar-refractivity contribution in [2.24, 2.45) is 0 Å². The zero-order chi connectivity index (χ0) is 15.1. The molecule has 0 aliphatic heterocycles. The second-order valence-corrected chi connectivity index (χ2v) is 7.24. The molecule has 0 aliphatic carbocycles. The van der Waals surface area contributed by atoms with Gasteiger partial charge < -0.3 is 0 Å². The lowest BCUT2D eigenvalue weighted by Gasteiger charge is -2.11. The van der Waals surface area contributed by atoms with Crippen LogP contribution in [-0.4, -0.2) is 17.6 Å². The van der Waals surface area contributed by atoms with E-state index in [1.165, 1.54) is 6.20 Å². The van der Waals surface area contributed by atoms with Crippen molar-refractivity contribution in [3.8, 4) is 0 Å². The van der Waals surface area contributed by atoms with Gasteiger partial charge in [-0.3, -0.25) is 0 Å². The highest BCUT2D eigenvalue weighted by atomic mass is 79.9. The summed E-state index contributed by atoms with van der Waals surface area (Å²) in [6.07, 6.45) is -2.29. The maximum Gasteiger partial charge on any atom is 0.417 e. The summed E-state index contributed by atoms with van der Waals surface area (Å²) >= 11 is 5.77. The second kappa shape index (κ2) is 5.15. The van der Waals surface area contributed by atoms with Crippen LogP contribution in [0.1, 0.15) is 5.56 Å². The molecule has 108 valence electrons. The number of hydrogen-bond donors (Lipinski definition) is 0. The lowest BCUT2D eigenvalue weighted by Crippen LogP contribution is -2.15. The summed E-state index contributed by atoms with van der Waals surface area (Å²) in [5.41, 5.74) is -1.07. The summed E-state index contributed by atoms with van der Waals surface area (Å²) < 4.78 is 63.3. The minimum atomic E-state index is -4.66. The summed E-state index contributed by atoms with van der Waals surface area (Å²) in [7, 11) is -4.16. The smallest absolute Gasteiger partial charge is 0.199 e. The van der Waals surface area contributed by atoms with Crippen molar-refractivity contribution in [3.63, 3.8) is 0 Å². The van der Waals surface area contributed by atoms with Gasteiger partial charge in [0.2, 0.25) is 0 Å². The molecule has 0 N–H and O–H groups in total. The second-order valence-electron chi connectivity index (χ2n) is 3.68. The molecule has 0 radical (unpaired) electrons. The van der Waals surface area contributed by atoms with Gasteiger partial charge in [0.1, 0.15) is 0 Å². The molecule has 1 heterocycles. The minimum absolute atomic E-state index is 0.231. The molecular formula is C10H5Br2F3N2O2S. The number of alkyl halides is 3. The summed E-state index contributed by atoms with van der Waals surface area (Å²) in [5, 5.41) is 3.57. The predicted octanol–water partition coefficient (Wildman–Crippen LogP) is 3.66. The monoisotopic (exact) mass is 432 g/mol. The molecule has 0 amide bonds. The lowest BCUT2D eigenvalue weighted by atomic mass is 10.2. The van der Waals surface area contributed by atoms with Crippen molar-refractivity contribution in [3.05, 3.63) is 45.1 Å². The molecular weight excluding hydrogens is 429 g/mol. The van der Waals surface area contributed by atoms with Crippen LogP contribution >= 0.6 is 31.9 Å². The van der Waals surface area contributed by atoms with Crippen LogP contribution in [0.4, 0.5) is 13.2 Å². The molecule has 4 nitrogen and oxygen atoms in total. The van der Waals surface area contributed by atoms with Gasteiger partial charge >= 0.3 is 6.18 Å². The largest absolute Gasteiger partial charge is 0.417 e. The minimum Gasteiger partial charge on any atom is -0.199 e. The number of nitrogens with zero attached hydrogens (tertiary/aromatic N) is 2. The fourth-order valence-electron chi connectivity index (χ4n) is 1.41. The van der Waals surface area contributed by atoms with Crippen LogP contribution in [0.5, 0.6) is 0 Å². The van der Waals surface area contributed by atoms with E-state index in [0.29, 0.717) is 14.6 Å². The zero-order valence-electron chi connectivity index (χ0n) is 9.40. The Morgan fingerprint density at radius 3 is 2.35 bits per heavy atom. The van der Waals surface area contributed by atoms with Crippen LogP contribution in [0.3, 0.4) is 0 Å². The molecule has 0 atom stereocenters. The lowest BCUT2D eigenvalue weighted by molar-refractivity contribution is -0.138. The van der Waals surface area contributed by atoms with E-state index in [4.69, 9.17) is 0 Å². The number of halogens is 5. The van der Waals surface area contributed by atoms with Gasteiger partial charge in [0.25, 0.3) is 10.0 Å². The van der Waals surface area contributed by atoms with E-state index in [9.17, 15) is 21.6 Å². The van der Waals surface area contributed by atoms with Crippen LogP contribution in [0.2, 0.25) is 0 Å². The average molecular weight is 434 g/mol. The van der Waals surface area contributed by atoms with E-state index in [2.05, 4.69) is 37.0 Å². The third-order valence-corrected chi connectivity index (χ3v) is 4.96. The van der Waals surface area contributed by atoms with Crippen LogP contribution in [0, 0.1) is 0 Å². The van der Waals surface area contributed by atoms with Gasteiger partial charge in [0.15, 0.2) is 0 Å². The van der Waals surface area contributed by atoms with Crippen molar-refractivity contribution in [2.45, 2.75) is 11.1 Å². The molecule has 0 fully saturated rings. The Morgan fingerprint density at radius 2 is 1.85 bits per heavy atom. The van der Waals surface area contributed by atoms with Gasteiger partial charge in [-0.05, 0) is 34.1 Å². The normalized spacial score (nSPS) is 12.7. The predicted molar refractivity (Wildman–Crippen MR) is 71.7 cm³/mol. The molecule has 0 spiro atoms. The number of hydrogen-bond acceptors (Lipinski definition) is 3. The van der Waals surface area contributed by atoms with Crippen LogP contribution < -0.4 is 0 Å². The Morgan fingerprint density at radius 1 is 1.20 bits per heavy atom. The number of benzene rings is 1. The van der Waals surface area contributed by atoms with E-state index in [0.717, 1.165) is 18.3 Å².